The summed E-state index contributed by atoms with van der Waals surface area (Å²) in [5, 5.41) is 0. The fourth-order valence-corrected chi connectivity index (χ4v) is 1.96. The Labute approximate surface area is 103 Å². The van der Waals surface area contributed by atoms with E-state index in [2.05, 4.69) is 0 Å². The Morgan fingerprint density at radius 2 is 2.06 bits per heavy atom. The van der Waals surface area contributed by atoms with Gasteiger partial charge in [-0.3, -0.25) is 4.79 Å². The lowest BCUT2D eigenvalue weighted by molar-refractivity contribution is -0.144. The van der Waals surface area contributed by atoms with Gasteiger partial charge in [-0.2, -0.15) is 0 Å². The summed E-state index contributed by atoms with van der Waals surface area (Å²) >= 11 is 0. The number of aryl methyl sites for hydroxylation is 2. The van der Waals surface area contributed by atoms with Crippen molar-refractivity contribution in [1.29, 1.82) is 0 Å². The highest BCUT2D eigenvalue weighted by Crippen LogP contribution is 2.26. The molecule has 2 N–H and O–H groups in total. The van der Waals surface area contributed by atoms with Crippen molar-refractivity contribution >= 4 is 5.97 Å². The minimum atomic E-state index is -0.678. The van der Waals surface area contributed by atoms with Crippen LogP contribution >= 0.6 is 0 Å². The summed E-state index contributed by atoms with van der Waals surface area (Å²) in [6, 6.07) is 6.11. The summed E-state index contributed by atoms with van der Waals surface area (Å²) in [4.78, 5) is 11.5. The Morgan fingerprint density at radius 3 is 2.65 bits per heavy atom. The van der Waals surface area contributed by atoms with Crippen LogP contribution in [-0.4, -0.2) is 12.6 Å². The Balaban J connectivity index is 2.95. The first-order chi connectivity index (χ1) is 7.86. The lowest BCUT2D eigenvalue weighted by Crippen LogP contribution is -2.37. The maximum absolute atomic E-state index is 11.5. The van der Waals surface area contributed by atoms with E-state index in [1.54, 1.807) is 6.92 Å². The van der Waals surface area contributed by atoms with E-state index >= 15 is 0 Å². The van der Waals surface area contributed by atoms with Gasteiger partial charge in [-0.15, -0.1) is 0 Å². The summed E-state index contributed by atoms with van der Waals surface area (Å²) < 4.78 is 4.95. The molecule has 3 nitrogen and oxygen atoms in total. The molecule has 3 heteroatoms. The van der Waals surface area contributed by atoms with Gasteiger partial charge in [-0.05, 0) is 38.8 Å². The molecule has 0 fully saturated rings. The molecular formula is C14H21NO2. The Hall–Kier alpha value is -1.35. The molecule has 1 rings (SSSR count). The maximum atomic E-state index is 11.5. The Bertz CT molecular complexity index is 411. The van der Waals surface area contributed by atoms with Gasteiger partial charge < -0.3 is 10.5 Å². The second-order valence-electron chi connectivity index (χ2n) is 4.72. The van der Waals surface area contributed by atoms with Crippen molar-refractivity contribution in [1.82, 2.24) is 0 Å². The van der Waals surface area contributed by atoms with Crippen molar-refractivity contribution < 1.29 is 9.53 Å². The second kappa shape index (κ2) is 5.32. The largest absolute Gasteiger partial charge is 0.466 e. The summed E-state index contributed by atoms with van der Waals surface area (Å²) in [6.07, 6.45) is 0.200. The fourth-order valence-electron chi connectivity index (χ4n) is 1.96. The average Bonchev–Trinajstić information content (AvgIpc) is 2.21. The molecule has 0 aromatic heterocycles. The number of hydrogen-bond donors (Lipinski definition) is 1. The molecule has 0 aliphatic heterocycles. The van der Waals surface area contributed by atoms with E-state index in [0.29, 0.717) is 6.61 Å². The molecule has 94 valence electrons. The first-order valence-corrected chi connectivity index (χ1v) is 5.89. The predicted octanol–water partition coefficient (Wildman–Crippen LogP) is 2.43. The zero-order valence-electron chi connectivity index (χ0n) is 11.0. The topological polar surface area (TPSA) is 52.3 Å². The predicted molar refractivity (Wildman–Crippen MR) is 68.7 cm³/mol. The maximum Gasteiger partial charge on any atom is 0.307 e. The molecule has 0 saturated heterocycles. The molecule has 0 saturated carbocycles. The van der Waals surface area contributed by atoms with Crippen molar-refractivity contribution in [3.63, 3.8) is 0 Å². The van der Waals surface area contributed by atoms with Crippen LogP contribution in [0, 0.1) is 13.8 Å². The first kappa shape index (κ1) is 13.7. The van der Waals surface area contributed by atoms with Crippen LogP contribution in [0.15, 0.2) is 18.2 Å². The molecule has 0 aliphatic carbocycles. The summed E-state index contributed by atoms with van der Waals surface area (Å²) in [5.41, 5.74) is 8.81. The van der Waals surface area contributed by atoms with Crippen LogP contribution in [0.5, 0.6) is 0 Å². The quantitative estimate of drug-likeness (QED) is 0.815. The summed E-state index contributed by atoms with van der Waals surface area (Å²) in [6.45, 7) is 8.07. The zero-order valence-corrected chi connectivity index (χ0v) is 11.0. The SMILES string of the molecule is CCOC(=O)CC(C)(N)c1cc(C)ccc1C. The number of ether oxygens (including phenoxy) is 1. The van der Waals surface area contributed by atoms with Crippen LogP contribution in [0.1, 0.15) is 37.0 Å². The normalized spacial score (nSPS) is 14.2. The third-order valence-corrected chi connectivity index (χ3v) is 2.83. The lowest BCUT2D eigenvalue weighted by atomic mass is 9.86. The number of nitrogens with two attached hydrogens (primary N) is 1. The molecule has 1 unspecified atom stereocenters. The minimum Gasteiger partial charge on any atom is -0.466 e. The van der Waals surface area contributed by atoms with E-state index in [1.165, 1.54) is 0 Å². The molecule has 0 aliphatic rings. The smallest absolute Gasteiger partial charge is 0.307 e. The van der Waals surface area contributed by atoms with E-state index in [9.17, 15) is 4.79 Å². The first-order valence-electron chi connectivity index (χ1n) is 5.89. The number of hydrogen-bond acceptors (Lipinski definition) is 3. The molecule has 17 heavy (non-hydrogen) atoms. The van der Waals surface area contributed by atoms with Crippen LogP contribution in [0.25, 0.3) is 0 Å². The highest BCUT2D eigenvalue weighted by Gasteiger charge is 2.27. The molecule has 0 amide bonds. The highest BCUT2D eigenvalue weighted by molar-refractivity contribution is 5.71. The lowest BCUT2D eigenvalue weighted by Gasteiger charge is -2.26. The van der Waals surface area contributed by atoms with Crippen LogP contribution in [-0.2, 0) is 15.1 Å². The second-order valence-corrected chi connectivity index (χ2v) is 4.72. The van der Waals surface area contributed by atoms with E-state index in [1.807, 2.05) is 39.0 Å². The monoisotopic (exact) mass is 235 g/mol. The molecule has 0 radical (unpaired) electrons. The van der Waals surface area contributed by atoms with E-state index < -0.39 is 5.54 Å². The third-order valence-electron chi connectivity index (χ3n) is 2.83. The molecule has 0 heterocycles. The summed E-state index contributed by atoms with van der Waals surface area (Å²) in [5.74, 6) is -0.251. The van der Waals surface area contributed by atoms with Crippen molar-refractivity contribution in [2.75, 3.05) is 6.61 Å². The zero-order chi connectivity index (χ0) is 13.1. The molecule has 0 bridgehead atoms. The van der Waals surface area contributed by atoms with E-state index in [-0.39, 0.29) is 12.4 Å². The van der Waals surface area contributed by atoms with Crippen molar-refractivity contribution in [3.8, 4) is 0 Å². The minimum absolute atomic E-state index is 0.200. The molecule has 1 aromatic rings. The van der Waals surface area contributed by atoms with E-state index in [0.717, 1.165) is 16.7 Å². The molecule has 1 aromatic carbocycles. The van der Waals surface area contributed by atoms with Crippen LogP contribution in [0.2, 0.25) is 0 Å². The number of benzene rings is 1. The van der Waals surface area contributed by atoms with Crippen LogP contribution < -0.4 is 5.73 Å². The number of carbonyl (C=O) groups excluding carboxylic acids is 1. The van der Waals surface area contributed by atoms with Crippen LogP contribution in [0.4, 0.5) is 0 Å². The van der Waals surface area contributed by atoms with Gasteiger partial charge in [0.2, 0.25) is 0 Å². The standard InChI is InChI=1S/C14H21NO2/c1-5-17-13(16)9-14(4,15)12-8-10(2)6-7-11(12)3/h6-8H,5,9,15H2,1-4H3. The highest BCUT2D eigenvalue weighted by atomic mass is 16.5. The number of rotatable bonds is 4. The van der Waals surface area contributed by atoms with Gasteiger partial charge in [-0.25, -0.2) is 0 Å². The molecular weight excluding hydrogens is 214 g/mol. The van der Waals surface area contributed by atoms with Gasteiger partial charge in [0.15, 0.2) is 0 Å². The van der Waals surface area contributed by atoms with Crippen molar-refractivity contribution in [3.05, 3.63) is 34.9 Å². The van der Waals surface area contributed by atoms with E-state index in [4.69, 9.17) is 10.5 Å². The fraction of sp³-hybridized carbons (Fsp3) is 0.500. The molecule has 0 spiro atoms. The van der Waals surface area contributed by atoms with Gasteiger partial charge in [0.1, 0.15) is 0 Å². The third kappa shape index (κ3) is 3.56. The molecule has 1 atom stereocenters. The number of esters is 1. The van der Waals surface area contributed by atoms with Gasteiger partial charge in [0, 0.05) is 5.54 Å². The summed E-state index contributed by atoms with van der Waals surface area (Å²) in [7, 11) is 0. The Morgan fingerprint density at radius 1 is 1.41 bits per heavy atom. The van der Waals surface area contributed by atoms with Crippen molar-refractivity contribution in [2.24, 2.45) is 5.73 Å². The average molecular weight is 235 g/mol. The van der Waals surface area contributed by atoms with Gasteiger partial charge in [0.05, 0.1) is 13.0 Å². The number of carbonyl (C=O) groups is 1. The van der Waals surface area contributed by atoms with Crippen molar-refractivity contribution in [2.45, 2.75) is 39.7 Å². The Kier molecular flexibility index (Phi) is 4.29. The van der Waals surface area contributed by atoms with Gasteiger partial charge in [0.25, 0.3) is 0 Å². The van der Waals surface area contributed by atoms with Gasteiger partial charge in [-0.1, -0.05) is 23.8 Å². The van der Waals surface area contributed by atoms with Gasteiger partial charge >= 0.3 is 5.97 Å². The van der Waals surface area contributed by atoms with Crippen LogP contribution in [0.3, 0.4) is 0 Å².